The summed E-state index contributed by atoms with van der Waals surface area (Å²) < 4.78 is 11.5. The van der Waals surface area contributed by atoms with Gasteiger partial charge in [-0.1, -0.05) is 25.8 Å². The van der Waals surface area contributed by atoms with E-state index in [1.54, 1.807) is 0 Å². The largest absolute Gasteiger partial charge is 0.489 e. The summed E-state index contributed by atoms with van der Waals surface area (Å²) in [6.07, 6.45) is 5.92. The molecule has 1 saturated heterocycles. The number of likely N-dealkylation sites (N-methyl/N-ethyl adjacent to an activating group) is 1. The Labute approximate surface area is 214 Å². The molecule has 0 spiro atoms. The highest BCUT2D eigenvalue weighted by Gasteiger charge is 2.39. The second-order valence-corrected chi connectivity index (χ2v) is 10.8. The number of amides is 1. The first-order chi connectivity index (χ1) is 17.2. The summed E-state index contributed by atoms with van der Waals surface area (Å²) in [7, 11) is 2.17. The lowest BCUT2D eigenvalue weighted by atomic mass is 9.79. The summed E-state index contributed by atoms with van der Waals surface area (Å²) in [4.78, 5) is 31.0. The van der Waals surface area contributed by atoms with Crippen LogP contribution in [0.25, 0.3) is 11.0 Å². The number of rotatable bonds is 8. The molecule has 1 aromatic carbocycles. The predicted octanol–water partition coefficient (Wildman–Crippen LogP) is 3.97. The van der Waals surface area contributed by atoms with Crippen LogP contribution in [0.2, 0.25) is 0 Å². The molecule has 1 amide bonds. The van der Waals surface area contributed by atoms with Gasteiger partial charge in [0.2, 0.25) is 5.91 Å². The lowest BCUT2D eigenvalue weighted by molar-refractivity contribution is -0.121. The van der Waals surface area contributed by atoms with E-state index < -0.39 is 5.63 Å². The smallest absolute Gasteiger partial charge is 0.340 e. The van der Waals surface area contributed by atoms with E-state index in [1.165, 1.54) is 19.3 Å². The minimum Gasteiger partial charge on any atom is -0.489 e. The number of benzene rings is 1. The Morgan fingerprint density at radius 3 is 2.47 bits per heavy atom. The van der Waals surface area contributed by atoms with E-state index in [4.69, 9.17) is 9.15 Å². The molecule has 0 bridgehead atoms. The molecule has 7 nitrogen and oxygen atoms in total. The van der Waals surface area contributed by atoms with Crippen molar-refractivity contribution < 1.29 is 13.9 Å². The van der Waals surface area contributed by atoms with Crippen molar-refractivity contribution in [2.24, 2.45) is 0 Å². The number of hydrogen-bond donors (Lipinski definition) is 1. The Bertz CT molecular complexity index is 1170. The van der Waals surface area contributed by atoms with E-state index in [0.717, 1.165) is 61.1 Å². The van der Waals surface area contributed by atoms with Crippen LogP contribution in [0.5, 0.6) is 5.75 Å². The highest BCUT2D eigenvalue weighted by molar-refractivity contribution is 5.87. The molecule has 1 aliphatic carbocycles. The van der Waals surface area contributed by atoms with Gasteiger partial charge in [-0.05, 0) is 63.9 Å². The number of ether oxygens (including phenoxy) is 1. The Kier molecular flexibility index (Phi) is 8.20. The van der Waals surface area contributed by atoms with E-state index in [9.17, 15) is 9.59 Å². The second-order valence-electron chi connectivity index (χ2n) is 10.8. The van der Waals surface area contributed by atoms with Crippen LogP contribution >= 0.6 is 0 Å². The SMILES string of the molecule is C=C(C)COc1ccc2c(C)c(CC(=O)NCC3(N4CCN(C)CC4)CCCCC3)c(=O)oc2c1C. The highest BCUT2D eigenvalue weighted by Crippen LogP contribution is 2.34. The Hall–Kier alpha value is -2.64. The van der Waals surface area contributed by atoms with Gasteiger partial charge in [0.15, 0.2) is 0 Å². The lowest BCUT2D eigenvalue weighted by Gasteiger charge is -2.49. The third-order valence-electron chi connectivity index (χ3n) is 8.04. The Morgan fingerprint density at radius 1 is 1.11 bits per heavy atom. The second kappa shape index (κ2) is 11.2. The van der Waals surface area contributed by atoms with Crippen LogP contribution in [0, 0.1) is 13.8 Å². The molecule has 2 heterocycles. The summed E-state index contributed by atoms with van der Waals surface area (Å²) >= 11 is 0. The molecule has 36 heavy (non-hydrogen) atoms. The van der Waals surface area contributed by atoms with Crippen LogP contribution in [-0.4, -0.2) is 67.6 Å². The first-order valence-electron chi connectivity index (χ1n) is 13.2. The third-order valence-corrected chi connectivity index (χ3v) is 8.04. The molecule has 1 aromatic heterocycles. The number of hydrogen-bond acceptors (Lipinski definition) is 6. The fraction of sp³-hybridized carbons (Fsp3) is 0.586. The monoisotopic (exact) mass is 495 g/mol. The number of carbonyl (C=O) groups is 1. The molecule has 1 N–H and O–H groups in total. The van der Waals surface area contributed by atoms with Gasteiger partial charge in [-0.2, -0.15) is 0 Å². The van der Waals surface area contributed by atoms with Gasteiger partial charge >= 0.3 is 5.63 Å². The molecular formula is C29H41N3O4. The van der Waals surface area contributed by atoms with Gasteiger partial charge in [0.1, 0.15) is 17.9 Å². The van der Waals surface area contributed by atoms with E-state index in [2.05, 4.69) is 28.7 Å². The zero-order valence-corrected chi connectivity index (χ0v) is 22.4. The van der Waals surface area contributed by atoms with Gasteiger partial charge in [-0.3, -0.25) is 9.69 Å². The van der Waals surface area contributed by atoms with Crippen molar-refractivity contribution >= 4 is 16.9 Å². The van der Waals surface area contributed by atoms with Crippen LogP contribution in [0.4, 0.5) is 0 Å². The molecule has 1 saturated carbocycles. The number of carbonyl (C=O) groups excluding carboxylic acids is 1. The van der Waals surface area contributed by atoms with Crippen molar-refractivity contribution in [1.82, 2.24) is 15.1 Å². The Balaban J connectivity index is 1.49. The predicted molar refractivity (Wildman–Crippen MR) is 144 cm³/mol. The molecule has 2 fully saturated rings. The van der Waals surface area contributed by atoms with Crippen molar-refractivity contribution in [1.29, 1.82) is 0 Å². The topological polar surface area (TPSA) is 75.0 Å². The van der Waals surface area contributed by atoms with E-state index in [0.29, 0.717) is 30.0 Å². The van der Waals surface area contributed by atoms with Crippen LogP contribution in [0.1, 0.15) is 55.7 Å². The zero-order valence-electron chi connectivity index (χ0n) is 22.4. The fourth-order valence-corrected chi connectivity index (χ4v) is 5.71. The van der Waals surface area contributed by atoms with Crippen LogP contribution < -0.4 is 15.7 Å². The average molecular weight is 496 g/mol. The van der Waals surface area contributed by atoms with Gasteiger partial charge in [0.25, 0.3) is 0 Å². The third kappa shape index (κ3) is 5.68. The average Bonchev–Trinajstić information content (AvgIpc) is 2.86. The molecule has 2 aromatic rings. The standard InChI is InChI=1S/C29H41N3O4/c1-20(2)18-35-25-10-9-23-21(3)24(28(34)36-27(23)22(25)4)17-26(33)30-19-29(11-7-6-8-12-29)32-15-13-31(5)14-16-32/h9-10H,1,6-8,11-19H2,2-5H3,(H,30,33). The zero-order chi connectivity index (χ0) is 25.9. The van der Waals surface area contributed by atoms with Crippen molar-refractivity contribution in [3.05, 3.63) is 51.4 Å². The van der Waals surface area contributed by atoms with Crippen molar-refractivity contribution in [3.63, 3.8) is 0 Å². The molecule has 0 radical (unpaired) electrons. The lowest BCUT2D eigenvalue weighted by Crippen LogP contribution is -2.61. The molecule has 2 aliphatic rings. The maximum Gasteiger partial charge on any atom is 0.340 e. The molecule has 0 unspecified atom stereocenters. The number of fused-ring (bicyclic) bond motifs is 1. The minimum absolute atomic E-state index is 0.0234. The normalized spacial score (nSPS) is 18.8. The van der Waals surface area contributed by atoms with Crippen molar-refractivity contribution in [2.45, 2.75) is 64.8 Å². The van der Waals surface area contributed by atoms with E-state index >= 15 is 0 Å². The van der Waals surface area contributed by atoms with Crippen LogP contribution in [-0.2, 0) is 11.2 Å². The van der Waals surface area contributed by atoms with E-state index in [1.807, 2.05) is 32.9 Å². The van der Waals surface area contributed by atoms with Crippen LogP contribution in [0.3, 0.4) is 0 Å². The summed E-state index contributed by atoms with van der Waals surface area (Å²) in [6.45, 7) is 14.8. The van der Waals surface area contributed by atoms with Crippen molar-refractivity contribution in [2.75, 3.05) is 46.4 Å². The highest BCUT2D eigenvalue weighted by atomic mass is 16.5. The maximum absolute atomic E-state index is 13.1. The number of piperazine rings is 1. The van der Waals surface area contributed by atoms with Crippen molar-refractivity contribution in [3.8, 4) is 5.75 Å². The number of nitrogens with zero attached hydrogens (tertiary/aromatic N) is 2. The van der Waals surface area contributed by atoms with Crippen LogP contribution in [0.15, 0.2) is 33.5 Å². The molecule has 7 heteroatoms. The fourth-order valence-electron chi connectivity index (χ4n) is 5.71. The molecule has 1 aliphatic heterocycles. The molecule has 196 valence electrons. The van der Waals surface area contributed by atoms with Gasteiger partial charge in [0, 0.05) is 49.2 Å². The summed E-state index contributed by atoms with van der Waals surface area (Å²) in [5.74, 6) is 0.544. The molecule has 4 rings (SSSR count). The molecular weight excluding hydrogens is 454 g/mol. The Morgan fingerprint density at radius 2 is 1.81 bits per heavy atom. The minimum atomic E-state index is -0.457. The molecule has 0 atom stereocenters. The van der Waals surface area contributed by atoms with E-state index in [-0.39, 0.29) is 17.9 Å². The van der Waals surface area contributed by atoms with Gasteiger partial charge < -0.3 is 19.4 Å². The van der Waals surface area contributed by atoms with Gasteiger partial charge in [-0.25, -0.2) is 4.79 Å². The quantitative estimate of drug-likeness (QED) is 0.441. The number of aryl methyl sites for hydroxylation is 2. The number of nitrogens with one attached hydrogen (secondary N) is 1. The van der Waals surface area contributed by atoms with Gasteiger partial charge in [-0.15, -0.1) is 0 Å². The first-order valence-corrected chi connectivity index (χ1v) is 13.2. The first kappa shape index (κ1) is 26.4. The summed E-state index contributed by atoms with van der Waals surface area (Å²) in [5, 5.41) is 4.03. The maximum atomic E-state index is 13.1. The van der Waals surface area contributed by atoms with Gasteiger partial charge in [0.05, 0.1) is 12.0 Å². The summed E-state index contributed by atoms with van der Waals surface area (Å²) in [6, 6.07) is 3.79. The summed E-state index contributed by atoms with van der Waals surface area (Å²) in [5.41, 5.74) is 2.98.